The van der Waals surface area contributed by atoms with Gasteiger partial charge in [-0.2, -0.15) is 0 Å². The highest BCUT2D eigenvalue weighted by Gasteiger charge is 2.40. The average Bonchev–Trinajstić information content (AvgIpc) is 2.18. The smallest absolute Gasteiger partial charge is 0.108 e. The Labute approximate surface area is 81.1 Å². The van der Waals surface area contributed by atoms with Crippen molar-refractivity contribution in [3.63, 3.8) is 0 Å². The highest BCUT2D eigenvalue weighted by Crippen LogP contribution is 2.19. The molecule has 0 aliphatic carbocycles. The van der Waals surface area contributed by atoms with Gasteiger partial charge in [0.25, 0.3) is 0 Å². The van der Waals surface area contributed by atoms with Crippen molar-refractivity contribution in [2.24, 2.45) is 10.8 Å². The normalized spacial score (nSPS) is 43.0. The molecule has 1 aliphatic rings. The minimum atomic E-state index is -1.10. The average molecular weight is 202 g/mol. The van der Waals surface area contributed by atoms with Crippen LogP contribution in [0.3, 0.4) is 0 Å². The number of hydrogen-bond acceptors (Lipinski definition) is 5. The number of nitrogens with two attached hydrogens (primary N) is 1. The van der Waals surface area contributed by atoms with Crippen LogP contribution in [0, 0.1) is 0 Å². The number of ether oxygens (including phenoxy) is 1. The SMILES string of the molecule is CC1OC(CN=[N+]=[N-])C(O)C(O)C1N. The van der Waals surface area contributed by atoms with E-state index in [0.29, 0.717) is 0 Å². The Hall–Kier alpha value is -0.850. The lowest BCUT2D eigenvalue weighted by molar-refractivity contribution is -0.169. The molecule has 5 unspecified atom stereocenters. The van der Waals surface area contributed by atoms with Crippen LogP contribution in [0.5, 0.6) is 0 Å². The van der Waals surface area contributed by atoms with Crippen molar-refractivity contribution in [3.05, 3.63) is 10.4 Å². The maximum Gasteiger partial charge on any atom is 0.108 e. The predicted molar refractivity (Wildman–Crippen MR) is 48.3 cm³/mol. The summed E-state index contributed by atoms with van der Waals surface area (Å²) in [6.07, 6.45) is -3.20. The van der Waals surface area contributed by atoms with Gasteiger partial charge < -0.3 is 20.7 Å². The minimum Gasteiger partial charge on any atom is -0.389 e. The molecule has 0 aromatic rings. The standard InChI is InChI=1S/C7H14N4O3/c1-3-5(8)7(13)6(12)4(14-3)2-10-11-9/h3-7,12-13H,2,8H2,1H3. The van der Waals surface area contributed by atoms with E-state index in [0.717, 1.165) is 0 Å². The molecule has 1 saturated heterocycles. The van der Waals surface area contributed by atoms with Gasteiger partial charge in [0.15, 0.2) is 0 Å². The van der Waals surface area contributed by atoms with Crippen molar-refractivity contribution in [1.29, 1.82) is 0 Å². The van der Waals surface area contributed by atoms with Gasteiger partial charge in [0.05, 0.1) is 30.9 Å². The monoisotopic (exact) mass is 202 g/mol. The van der Waals surface area contributed by atoms with E-state index in [4.69, 9.17) is 16.0 Å². The minimum absolute atomic E-state index is 0.00815. The first-order valence-corrected chi connectivity index (χ1v) is 4.36. The molecule has 14 heavy (non-hydrogen) atoms. The molecule has 1 aliphatic heterocycles. The Bertz CT molecular complexity index is 243. The van der Waals surface area contributed by atoms with Crippen LogP contribution in [0.4, 0.5) is 0 Å². The van der Waals surface area contributed by atoms with Crippen molar-refractivity contribution in [2.45, 2.75) is 37.4 Å². The number of azide groups is 1. The van der Waals surface area contributed by atoms with Crippen LogP contribution < -0.4 is 5.73 Å². The zero-order chi connectivity index (χ0) is 10.7. The molecule has 7 nitrogen and oxygen atoms in total. The molecule has 4 N–H and O–H groups in total. The molecule has 5 atom stereocenters. The maximum absolute atomic E-state index is 9.51. The number of nitrogens with zero attached hydrogens (tertiary/aromatic N) is 3. The number of hydrogen-bond donors (Lipinski definition) is 3. The van der Waals surface area contributed by atoms with Gasteiger partial charge in [-0.1, -0.05) is 5.11 Å². The highest BCUT2D eigenvalue weighted by molar-refractivity contribution is 4.93. The van der Waals surface area contributed by atoms with Gasteiger partial charge in [0.2, 0.25) is 0 Å². The molecule has 0 aromatic carbocycles. The van der Waals surface area contributed by atoms with Gasteiger partial charge in [-0.05, 0) is 12.5 Å². The van der Waals surface area contributed by atoms with Crippen LogP contribution >= 0.6 is 0 Å². The van der Waals surface area contributed by atoms with E-state index in [2.05, 4.69) is 10.0 Å². The van der Waals surface area contributed by atoms with Crippen LogP contribution in [0.1, 0.15) is 6.92 Å². The van der Waals surface area contributed by atoms with Crippen molar-refractivity contribution in [3.8, 4) is 0 Å². The Morgan fingerprint density at radius 1 is 1.50 bits per heavy atom. The Morgan fingerprint density at radius 2 is 2.14 bits per heavy atom. The van der Waals surface area contributed by atoms with Gasteiger partial charge >= 0.3 is 0 Å². The second-order valence-corrected chi connectivity index (χ2v) is 3.35. The zero-order valence-electron chi connectivity index (χ0n) is 7.82. The Morgan fingerprint density at radius 3 is 2.71 bits per heavy atom. The third kappa shape index (κ3) is 2.14. The molecule has 0 bridgehead atoms. The predicted octanol–water partition coefficient (Wildman–Crippen LogP) is -0.867. The van der Waals surface area contributed by atoms with Gasteiger partial charge in [-0.15, -0.1) is 0 Å². The number of aliphatic hydroxyl groups is 2. The summed E-state index contributed by atoms with van der Waals surface area (Å²) in [6, 6.07) is -0.618. The highest BCUT2D eigenvalue weighted by atomic mass is 16.5. The Kier molecular flexibility index (Phi) is 3.68. The lowest BCUT2D eigenvalue weighted by Gasteiger charge is -2.39. The molecule has 0 spiro atoms. The summed E-state index contributed by atoms with van der Waals surface area (Å²) in [6.45, 7) is 1.69. The largest absolute Gasteiger partial charge is 0.389 e. The van der Waals surface area contributed by atoms with E-state index in [9.17, 15) is 10.2 Å². The molecule has 0 aromatic heterocycles. The molecule has 7 heteroatoms. The summed E-state index contributed by atoms with van der Waals surface area (Å²) in [4.78, 5) is 2.55. The van der Waals surface area contributed by atoms with E-state index in [1.807, 2.05) is 0 Å². The molecule has 1 rings (SSSR count). The molecule has 1 fully saturated rings. The van der Waals surface area contributed by atoms with Crippen molar-refractivity contribution < 1.29 is 14.9 Å². The van der Waals surface area contributed by atoms with Gasteiger partial charge in [-0.3, -0.25) is 0 Å². The fraction of sp³-hybridized carbons (Fsp3) is 1.00. The summed E-state index contributed by atoms with van der Waals surface area (Å²) < 4.78 is 5.28. The van der Waals surface area contributed by atoms with E-state index in [1.165, 1.54) is 0 Å². The summed E-state index contributed by atoms with van der Waals surface area (Å²) in [5.41, 5.74) is 13.7. The summed E-state index contributed by atoms with van der Waals surface area (Å²) >= 11 is 0. The van der Waals surface area contributed by atoms with E-state index in [-0.39, 0.29) is 12.6 Å². The van der Waals surface area contributed by atoms with Crippen LogP contribution in [0.25, 0.3) is 10.4 Å². The van der Waals surface area contributed by atoms with Crippen LogP contribution in [-0.4, -0.2) is 47.2 Å². The Balaban J connectivity index is 2.64. The van der Waals surface area contributed by atoms with E-state index < -0.39 is 24.4 Å². The summed E-state index contributed by atoms with van der Waals surface area (Å²) in [7, 11) is 0. The molecule has 1 heterocycles. The van der Waals surface area contributed by atoms with Crippen molar-refractivity contribution in [2.75, 3.05) is 6.54 Å². The topological polar surface area (TPSA) is 124 Å². The van der Waals surface area contributed by atoms with Gasteiger partial charge in [0.1, 0.15) is 6.10 Å². The van der Waals surface area contributed by atoms with Crippen molar-refractivity contribution in [1.82, 2.24) is 0 Å². The second-order valence-electron chi connectivity index (χ2n) is 3.35. The number of rotatable bonds is 2. The van der Waals surface area contributed by atoms with Crippen LogP contribution in [0.2, 0.25) is 0 Å². The first kappa shape index (κ1) is 11.2. The maximum atomic E-state index is 9.51. The second kappa shape index (κ2) is 4.59. The lowest BCUT2D eigenvalue weighted by atomic mass is 9.94. The molecule has 0 saturated carbocycles. The fourth-order valence-electron chi connectivity index (χ4n) is 1.44. The van der Waals surface area contributed by atoms with Crippen LogP contribution in [-0.2, 0) is 4.74 Å². The van der Waals surface area contributed by atoms with Crippen molar-refractivity contribution >= 4 is 0 Å². The quantitative estimate of drug-likeness (QED) is 0.306. The zero-order valence-corrected chi connectivity index (χ0v) is 7.82. The van der Waals surface area contributed by atoms with Gasteiger partial charge in [0, 0.05) is 4.91 Å². The first-order chi connectivity index (χ1) is 6.57. The first-order valence-electron chi connectivity index (χ1n) is 4.36. The lowest BCUT2D eigenvalue weighted by Crippen LogP contribution is -2.60. The third-order valence-corrected chi connectivity index (χ3v) is 2.38. The number of aliphatic hydroxyl groups excluding tert-OH is 2. The molecular formula is C7H14N4O3. The van der Waals surface area contributed by atoms with Crippen LogP contribution in [0.15, 0.2) is 5.11 Å². The molecule has 0 radical (unpaired) electrons. The molecule has 0 amide bonds. The van der Waals surface area contributed by atoms with E-state index in [1.54, 1.807) is 6.92 Å². The molecular weight excluding hydrogens is 188 g/mol. The fourth-order valence-corrected chi connectivity index (χ4v) is 1.44. The van der Waals surface area contributed by atoms with E-state index >= 15 is 0 Å². The molecule has 80 valence electrons. The summed E-state index contributed by atoms with van der Waals surface area (Å²) in [5, 5.41) is 22.3. The van der Waals surface area contributed by atoms with Gasteiger partial charge in [-0.25, -0.2) is 0 Å². The summed E-state index contributed by atoms with van der Waals surface area (Å²) in [5.74, 6) is 0. The third-order valence-electron chi connectivity index (χ3n) is 2.38.